The van der Waals surface area contributed by atoms with Crippen molar-refractivity contribution in [1.29, 1.82) is 10.5 Å². The predicted molar refractivity (Wildman–Crippen MR) is 97.7 cm³/mol. The van der Waals surface area contributed by atoms with E-state index in [9.17, 15) is 20.4 Å². The fourth-order valence-electron chi connectivity index (χ4n) is 2.60. The molecule has 0 fully saturated rings. The van der Waals surface area contributed by atoms with Crippen LogP contribution in [0.4, 0.5) is 5.82 Å². The van der Waals surface area contributed by atoms with Crippen LogP contribution >= 0.6 is 11.8 Å². The number of nitrogens with two attached hydrogens (primary N) is 1. The van der Waals surface area contributed by atoms with Crippen LogP contribution in [0.1, 0.15) is 11.1 Å². The zero-order valence-electron chi connectivity index (χ0n) is 15.3. The highest BCUT2D eigenvalue weighted by molar-refractivity contribution is 7.99. The number of carboxylic acid groups (broad SMARTS) is 1. The molecule has 0 saturated heterocycles. The van der Waals surface area contributed by atoms with E-state index in [0.717, 1.165) is 11.8 Å². The molecule has 9 nitrogen and oxygen atoms in total. The summed E-state index contributed by atoms with van der Waals surface area (Å²) in [6, 6.07) is 7.13. The van der Waals surface area contributed by atoms with Crippen molar-refractivity contribution in [2.24, 2.45) is 0 Å². The van der Waals surface area contributed by atoms with Gasteiger partial charge in [0.05, 0.1) is 27.3 Å². The summed E-state index contributed by atoms with van der Waals surface area (Å²) in [6.45, 7) is 0. The van der Waals surface area contributed by atoms with E-state index in [1.165, 1.54) is 21.3 Å². The molecule has 2 rings (SSSR count). The molecule has 1 aromatic carbocycles. The van der Waals surface area contributed by atoms with Gasteiger partial charge < -0.3 is 24.1 Å². The number of ether oxygens (including phenoxy) is 3. The normalized spacial score (nSPS) is 9.89. The fraction of sp³-hybridized carbons (Fsp3) is 0.222. The molecule has 0 unspecified atom stereocenters. The number of anilines is 1. The number of aliphatic carboxylic acids is 1. The first-order valence-corrected chi connectivity index (χ1v) is 8.72. The summed E-state index contributed by atoms with van der Waals surface area (Å²) in [5.41, 5.74) is 6.68. The zero-order chi connectivity index (χ0) is 20.8. The Morgan fingerprint density at radius 3 is 2.14 bits per heavy atom. The molecule has 10 heteroatoms. The van der Waals surface area contributed by atoms with Gasteiger partial charge in [-0.25, -0.2) is 4.98 Å². The number of benzene rings is 1. The van der Waals surface area contributed by atoms with Crippen molar-refractivity contribution in [2.75, 3.05) is 32.8 Å². The largest absolute Gasteiger partial charge is 0.549 e. The van der Waals surface area contributed by atoms with E-state index in [1.807, 2.05) is 12.1 Å². The third kappa shape index (κ3) is 3.87. The molecule has 0 amide bonds. The van der Waals surface area contributed by atoms with E-state index in [4.69, 9.17) is 19.9 Å². The van der Waals surface area contributed by atoms with Gasteiger partial charge in [-0.15, -0.1) is 0 Å². The number of aromatic amines is 1. The molecule has 0 aliphatic carbocycles. The van der Waals surface area contributed by atoms with Crippen LogP contribution in [0.3, 0.4) is 0 Å². The molecule has 0 aliphatic heterocycles. The number of pyridine rings is 1. The lowest BCUT2D eigenvalue weighted by molar-refractivity contribution is -0.410. The number of rotatable bonds is 7. The van der Waals surface area contributed by atoms with Crippen LogP contribution < -0.4 is 30.0 Å². The Morgan fingerprint density at radius 2 is 1.71 bits per heavy atom. The van der Waals surface area contributed by atoms with Crippen molar-refractivity contribution >= 4 is 23.5 Å². The van der Waals surface area contributed by atoms with Gasteiger partial charge in [0.15, 0.2) is 16.5 Å². The number of H-pyrrole nitrogens is 1. The van der Waals surface area contributed by atoms with Crippen molar-refractivity contribution < 1.29 is 29.1 Å². The lowest BCUT2D eigenvalue weighted by Crippen LogP contribution is -2.26. The van der Waals surface area contributed by atoms with Crippen molar-refractivity contribution in [3.05, 3.63) is 23.3 Å². The van der Waals surface area contributed by atoms with Gasteiger partial charge in [0.1, 0.15) is 23.3 Å². The maximum absolute atomic E-state index is 10.8. The lowest BCUT2D eigenvalue weighted by Gasteiger charge is -2.16. The number of methoxy groups -OCH3 is 3. The highest BCUT2D eigenvalue weighted by Gasteiger charge is 2.26. The molecule has 0 aliphatic rings. The van der Waals surface area contributed by atoms with Gasteiger partial charge in [-0.3, -0.25) is 5.73 Å². The second-order valence-electron chi connectivity index (χ2n) is 5.29. The Labute approximate surface area is 165 Å². The van der Waals surface area contributed by atoms with Crippen LogP contribution in [0.15, 0.2) is 17.2 Å². The van der Waals surface area contributed by atoms with E-state index in [0.29, 0.717) is 22.8 Å². The fourth-order valence-corrected chi connectivity index (χ4v) is 3.33. The smallest absolute Gasteiger partial charge is 0.289 e. The van der Waals surface area contributed by atoms with Gasteiger partial charge in [0.2, 0.25) is 5.75 Å². The molecule has 0 atom stereocenters. The van der Waals surface area contributed by atoms with Crippen molar-refractivity contribution in [2.45, 2.75) is 5.03 Å². The Kier molecular flexibility index (Phi) is 6.53. The standard InChI is InChI=1S/C18H16N4O5S/c1-25-12-4-9(5-13(26-2)16(12)27-3)15-10(6-19)17(21)22-18(11(15)7-20)28-8-14(23)24/h4-5H,8H2,1-3H3,(H2,21,22)(H,23,24). The zero-order valence-corrected chi connectivity index (χ0v) is 16.1. The highest BCUT2D eigenvalue weighted by Crippen LogP contribution is 2.43. The highest BCUT2D eigenvalue weighted by atomic mass is 32.2. The molecule has 0 saturated carbocycles. The number of aromatic nitrogens is 1. The van der Waals surface area contributed by atoms with E-state index >= 15 is 0 Å². The molecule has 2 aromatic rings. The minimum Gasteiger partial charge on any atom is -0.549 e. The summed E-state index contributed by atoms with van der Waals surface area (Å²) >= 11 is 0.833. The summed E-state index contributed by atoms with van der Waals surface area (Å²) in [4.78, 5) is 13.5. The quantitative estimate of drug-likeness (QED) is 0.648. The number of hydrogen-bond acceptors (Lipinski definition) is 9. The Hall–Kier alpha value is -3.63. The third-order valence-corrected chi connectivity index (χ3v) is 4.73. The van der Waals surface area contributed by atoms with Crippen molar-refractivity contribution in [3.8, 4) is 40.5 Å². The first-order chi connectivity index (χ1) is 13.4. The summed E-state index contributed by atoms with van der Waals surface area (Å²) in [7, 11) is 4.32. The Bertz CT molecular complexity index is 985. The molecular formula is C18H16N4O5S. The number of nitrogens with one attached hydrogen (secondary N) is 1. The summed E-state index contributed by atoms with van der Waals surface area (Å²) in [5.74, 6) is -0.732. The molecule has 0 radical (unpaired) electrons. The Morgan fingerprint density at radius 1 is 1.14 bits per heavy atom. The topological polar surface area (TPSA) is 156 Å². The number of carbonyl (C=O) groups excluding carboxylic acids is 1. The Balaban J connectivity index is 2.85. The molecule has 1 heterocycles. The third-order valence-electron chi connectivity index (χ3n) is 3.76. The van der Waals surface area contributed by atoms with E-state index in [2.05, 4.69) is 4.98 Å². The first-order valence-electron chi connectivity index (χ1n) is 7.73. The predicted octanol–water partition coefficient (Wildman–Crippen LogP) is 0.361. The molecule has 144 valence electrons. The molecule has 1 aromatic heterocycles. The number of thioether (sulfide) groups is 1. The van der Waals surface area contributed by atoms with Crippen LogP contribution in [0.2, 0.25) is 0 Å². The maximum Gasteiger partial charge on any atom is 0.289 e. The van der Waals surface area contributed by atoms with Crippen molar-refractivity contribution in [3.63, 3.8) is 0 Å². The van der Waals surface area contributed by atoms with Gasteiger partial charge in [0.25, 0.3) is 5.82 Å². The maximum atomic E-state index is 10.8. The van der Waals surface area contributed by atoms with Gasteiger partial charge in [-0.1, -0.05) is 11.8 Å². The number of carboxylic acids is 1. The average Bonchev–Trinajstić information content (AvgIpc) is 2.70. The molecule has 28 heavy (non-hydrogen) atoms. The molecular weight excluding hydrogens is 384 g/mol. The second-order valence-corrected chi connectivity index (χ2v) is 6.28. The van der Waals surface area contributed by atoms with Crippen LogP contribution in [0, 0.1) is 22.7 Å². The van der Waals surface area contributed by atoms with E-state index < -0.39 is 11.7 Å². The molecule has 0 spiro atoms. The monoisotopic (exact) mass is 400 g/mol. The number of nitrogen functional groups attached to an aromatic ring is 1. The van der Waals surface area contributed by atoms with Gasteiger partial charge in [-0.2, -0.15) is 10.5 Å². The minimum atomic E-state index is -1.31. The average molecular weight is 400 g/mol. The first kappa shape index (κ1) is 20.7. The van der Waals surface area contributed by atoms with E-state index in [1.54, 1.807) is 12.1 Å². The number of carbonyl (C=O) groups is 1. The summed E-state index contributed by atoms with van der Waals surface area (Å²) in [6.07, 6.45) is 0. The molecule has 3 N–H and O–H groups in total. The number of nitriles is 2. The van der Waals surface area contributed by atoms with Crippen LogP contribution in [-0.4, -0.2) is 33.1 Å². The number of hydrogen-bond donors (Lipinski definition) is 1. The van der Waals surface area contributed by atoms with Gasteiger partial charge in [-0.05, 0) is 17.7 Å². The van der Waals surface area contributed by atoms with Crippen molar-refractivity contribution in [1.82, 2.24) is 0 Å². The summed E-state index contributed by atoms with van der Waals surface area (Å²) < 4.78 is 15.9. The second kappa shape index (κ2) is 8.84. The van der Waals surface area contributed by atoms with Crippen LogP contribution in [0.5, 0.6) is 17.2 Å². The van der Waals surface area contributed by atoms with Gasteiger partial charge >= 0.3 is 0 Å². The molecule has 0 bridgehead atoms. The minimum absolute atomic E-state index is 0.00824. The SMILES string of the molecule is COc1cc(-c2c(C#N)c(N)[nH+]c(SCC(=O)[O-])c2C#N)cc(OC)c1OC. The van der Waals surface area contributed by atoms with Crippen LogP contribution in [-0.2, 0) is 4.79 Å². The summed E-state index contributed by atoms with van der Waals surface area (Å²) in [5, 5.41) is 30.3. The van der Waals surface area contributed by atoms with E-state index in [-0.39, 0.29) is 27.5 Å². The number of nitrogens with zero attached hydrogens (tertiary/aromatic N) is 2. The van der Waals surface area contributed by atoms with Gasteiger partial charge in [0, 0.05) is 11.3 Å². The van der Waals surface area contributed by atoms with Crippen LogP contribution in [0.25, 0.3) is 11.1 Å². The lowest BCUT2D eigenvalue weighted by atomic mass is 9.96.